The van der Waals surface area contributed by atoms with Crippen LogP contribution in [0.4, 0.5) is 14.5 Å². The lowest BCUT2D eigenvalue weighted by molar-refractivity contribution is 0.102. The van der Waals surface area contributed by atoms with Gasteiger partial charge in [-0.05, 0) is 64.5 Å². The number of hydrogen-bond donors (Lipinski definition) is 3. The van der Waals surface area contributed by atoms with Crippen LogP contribution in [0.2, 0.25) is 10.0 Å². The zero-order valence-corrected chi connectivity index (χ0v) is 24.2. The first-order valence-corrected chi connectivity index (χ1v) is 15.8. The number of amides is 1. The summed E-state index contributed by atoms with van der Waals surface area (Å²) in [6.07, 6.45) is -0.997. The first-order chi connectivity index (χ1) is 17.8. The summed E-state index contributed by atoms with van der Waals surface area (Å²) in [6, 6.07) is 10.6. The lowest BCUT2D eigenvalue weighted by Crippen LogP contribution is -2.25. The normalized spacial score (nSPS) is 13.3. The second kappa shape index (κ2) is 11.2. The van der Waals surface area contributed by atoms with Gasteiger partial charge in [-0.15, -0.1) is 11.3 Å². The summed E-state index contributed by atoms with van der Waals surface area (Å²) < 4.78 is 72.8. The van der Waals surface area contributed by atoms with Crippen LogP contribution in [-0.2, 0) is 14.6 Å². The summed E-state index contributed by atoms with van der Waals surface area (Å²) in [6.45, 7) is 0. The standard InChI is InChI=1S/C22H14BrCl2F2N2O6PS2/c23-15-3-2-12(8-13(15)22(30)29-19-6-1-11(26)7-18(19)27)35-36(31,32)10-28-38(33,34)20-9-14-16(24)4-5-17(25)21(14)37-20/h1-9,28H,10H2,(H,29,30)(H,31,32). The van der Waals surface area contributed by atoms with Crippen molar-refractivity contribution in [3.8, 4) is 5.75 Å². The molecule has 0 aliphatic rings. The molecule has 0 bridgehead atoms. The molecule has 38 heavy (non-hydrogen) atoms. The van der Waals surface area contributed by atoms with E-state index in [2.05, 4.69) is 21.2 Å². The summed E-state index contributed by atoms with van der Waals surface area (Å²) in [5.41, 5.74) is -0.397. The van der Waals surface area contributed by atoms with Crippen molar-refractivity contribution in [1.29, 1.82) is 0 Å². The van der Waals surface area contributed by atoms with E-state index in [1.807, 2.05) is 4.72 Å². The van der Waals surface area contributed by atoms with E-state index in [1.54, 1.807) is 0 Å². The molecule has 4 rings (SSSR count). The fourth-order valence-corrected chi connectivity index (χ4v) is 8.04. The maximum atomic E-state index is 13.9. The molecule has 1 unspecified atom stereocenters. The van der Waals surface area contributed by atoms with Crippen LogP contribution < -0.4 is 14.6 Å². The highest BCUT2D eigenvalue weighted by Gasteiger charge is 2.28. The third-order valence-electron chi connectivity index (χ3n) is 4.89. The van der Waals surface area contributed by atoms with Crippen LogP contribution >= 0.6 is 58.1 Å². The average molecular weight is 686 g/mol. The topological polar surface area (TPSA) is 122 Å². The van der Waals surface area contributed by atoms with Gasteiger partial charge in [-0.2, -0.15) is 4.72 Å². The second-order valence-corrected chi connectivity index (χ2v) is 14.1. The van der Waals surface area contributed by atoms with Crippen molar-refractivity contribution in [3.05, 3.63) is 86.3 Å². The van der Waals surface area contributed by atoms with E-state index >= 15 is 0 Å². The molecule has 3 aromatic carbocycles. The van der Waals surface area contributed by atoms with Gasteiger partial charge in [-0.1, -0.05) is 23.2 Å². The molecule has 1 amide bonds. The van der Waals surface area contributed by atoms with Gasteiger partial charge in [0.2, 0.25) is 0 Å². The average Bonchev–Trinajstić information content (AvgIpc) is 3.31. The van der Waals surface area contributed by atoms with E-state index in [0.717, 1.165) is 29.5 Å². The molecule has 1 aromatic heterocycles. The van der Waals surface area contributed by atoms with E-state index in [9.17, 15) is 31.5 Å². The number of anilines is 1. The predicted molar refractivity (Wildman–Crippen MR) is 146 cm³/mol. The molecule has 0 saturated carbocycles. The molecule has 3 N–H and O–H groups in total. The van der Waals surface area contributed by atoms with Gasteiger partial charge in [-0.3, -0.25) is 4.79 Å². The molecule has 0 aliphatic heterocycles. The number of halogens is 5. The molecule has 8 nitrogen and oxygen atoms in total. The van der Waals surface area contributed by atoms with Crippen molar-refractivity contribution in [3.63, 3.8) is 0 Å². The summed E-state index contributed by atoms with van der Waals surface area (Å²) in [4.78, 5) is 22.9. The van der Waals surface area contributed by atoms with Crippen molar-refractivity contribution in [2.45, 2.75) is 4.21 Å². The number of carbonyl (C=O) groups is 1. The largest absolute Gasteiger partial charge is 0.424 e. The Morgan fingerprint density at radius 3 is 2.47 bits per heavy atom. The Labute approximate surface area is 237 Å². The van der Waals surface area contributed by atoms with Crippen molar-refractivity contribution < 1.29 is 36.0 Å². The molecule has 200 valence electrons. The Morgan fingerprint density at radius 2 is 1.79 bits per heavy atom. The highest BCUT2D eigenvalue weighted by atomic mass is 79.9. The van der Waals surface area contributed by atoms with Gasteiger partial charge in [0, 0.05) is 20.9 Å². The van der Waals surface area contributed by atoms with Crippen LogP contribution in [0.1, 0.15) is 10.4 Å². The number of hydrogen-bond acceptors (Lipinski definition) is 6. The monoisotopic (exact) mass is 684 g/mol. The van der Waals surface area contributed by atoms with Gasteiger partial charge in [0.25, 0.3) is 15.9 Å². The van der Waals surface area contributed by atoms with Crippen LogP contribution in [0.25, 0.3) is 10.1 Å². The molecule has 0 radical (unpaired) electrons. The number of fused-ring (bicyclic) bond motifs is 1. The van der Waals surface area contributed by atoms with Gasteiger partial charge in [0.05, 0.1) is 21.0 Å². The van der Waals surface area contributed by atoms with Crippen molar-refractivity contribution in [2.75, 3.05) is 11.6 Å². The van der Waals surface area contributed by atoms with E-state index in [1.165, 1.54) is 30.3 Å². The molecule has 0 fully saturated rings. The minimum absolute atomic E-state index is 0.106. The van der Waals surface area contributed by atoms with Crippen LogP contribution in [-0.4, -0.2) is 25.5 Å². The van der Waals surface area contributed by atoms with Crippen LogP contribution in [0.15, 0.2) is 63.3 Å². The molecule has 0 aliphatic carbocycles. The quantitative estimate of drug-likeness (QED) is 0.172. The SMILES string of the molecule is O=C(Nc1ccc(F)cc1F)c1cc(OP(=O)(O)CNS(=O)(=O)c2cc3c(Cl)ccc(Cl)c3s2)ccc1Br. The summed E-state index contributed by atoms with van der Waals surface area (Å²) in [5, 5.41) is 3.25. The molecular weight excluding hydrogens is 672 g/mol. The first kappa shape index (κ1) is 28.9. The fraction of sp³-hybridized carbons (Fsp3) is 0.0455. The maximum absolute atomic E-state index is 13.9. The third kappa shape index (κ3) is 6.54. The molecule has 1 atom stereocenters. The molecular formula is C22H14BrCl2F2N2O6PS2. The number of sulfonamides is 1. The lowest BCUT2D eigenvalue weighted by atomic mass is 10.2. The Hall–Kier alpha value is -2.09. The van der Waals surface area contributed by atoms with Crippen LogP contribution in [0, 0.1) is 11.6 Å². The number of nitrogens with one attached hydrogen (secondary N) is 2. The van der Waals surface area contributed by atoms with E-state index < -0.39 is 41.4 Å². The summed E-state index contributed by atoms with van der Waals surface area (Å²) in [5.74, 6) is -2.91. The van der Waals surface area contributed by atoms with Crippen molar-refractivity contribution in [1.82, 2.24) is 4.72 Å². The molecule has 4 aromatic rings. The lowest BCUT2D eigenvalue weighted by Gasteiger charge is -2.15. The second-order valence-electron chi connectivity index (χ2n) is 7.59. The van der Waals surface area contributed by atoms with Gasteiger partial charge in [-0.25, -0.2) is 21.8 Å². The first-order valence-electron chi connectivity index (χ1n) is 10.2. The highest BCUT2D eigenvalue weighted by molar-refractivity contribution is 9.10. The van der Waals surface area contributed by atoms with Gasteiger partial charge in [0.15, 0.2) is 0 Å². The molecule has 0 saturated heterocycles. The zero-order chi connectivity index (χ0) is 27.8. The summed E-state index contributed by atoms with van der Waals surface area (Å²) in [7, 11) is -8.86. The molecule has 16 heteroatoms. The Morgan fingerprint density at radius 1 is 1.08 bits per heavy atom. The molecule has 1 heterocycles. The number of thiophene rings is 1. The van der Waals surface area contributed by atoms with Crippen LogP contribution in [0.5, 0.6) is 5.75 Å². The van der Waals surface area contributed by atoms with Gasteiger partial charge in [0.1, 0.15) is 27.9 Å². The minimum Gasteiger partial charge on any atom is -0.424 e. The van der Waals surface area contributed by atoms with Crippen molar-refractivity contribution in [2.24, 2.45) is 0 Å². The summed E-state index contributed by atoms with van der Waals surface area (Å²) >= 11 is 16.2. The van der Waals surface area contributed by atoms with Crippen molar-refractivity contribution >= 4 is 89.8 Å². The Bertz CT molecular complexity index is 1700. The molecule has 0 spiro atoms. The predicted octanol–water partition coefficient (Wildman–Crippen LogP) is 7.00. The third-order valence-corrected chi connectivity index (χ3v) is 10.6. The fourth-order valence-electron chi connectivity index (χ4n) is 3.12. The Balaban J connectivity index is 1.48. The van der Waals surface area contributed by atoms with Gasteiger partial charge < -0.3 is 14.7 Å². The van der Waals surface area contributed by atoms with E-state index in [4.69, 9.17) is 27.7 Å². The number of benzene rings is 3. The zero-order valence-electron chi connectivity index (χ0n) is 18.5. The number of carbonyl (C=O) groups excluding carboxylic acids is 1. The number of rotatable bonds is 8. The van der Waals surface area contributed by atoms with E-state index in [0.29, 0.717) is 21.2 Å². The minimum atomic E-state index is -4.62. The Kier molecular flexibility index (Phi) is 8.51. The highest BCUT2D eigenvalue weighted by Crippen LogP contribution is 2.43. The van der Waals surface area contributed by atoms with E-state index in [-0.39, 0.29) is 30.7 Å². The van der Waals surface area contributed by atoms with Gasteiger partial charge >= 0.3 is 7.60 Å². The smallest absolute Gasteiger partial charge is 0.391 e. The maximum Gasteiger partial charge on any atom is 0.391 e. The van der Waals surface area contributed by atoms with Crippen LogP contribution in [0.3, 0.4) is 0 Å².